The highest BCUT2D eigenvalue weighted by Gasteiger charge is 2.32. The zero-order valence-electron chi connectivity index (χ0n) is 15.1. The van der Waals surface area contributed by atoms with Crippen molar-refractivity contribution in [2.24, 2.45) is 0 Å². The summed E-state index contributed by atoms with van der Waals surface area (Å²) in [6.45, 7) is 2.37. The number of sulfonamides is 1. The third kappa shape index (κ3) is 3.11. The highest BCUT2D eigenvalue weighted by atomic mass is 32.2. The Bertz CT molecular complexity index is 987. The second-order valence-corrected chi connectivity index (χ2v) is 8.98. The Hall–Kier alpha value is -2.28. The van der Waals surface area contributed by atoms with Crippen molar-refractivity contribution < 1.29 is 12.8 Å². The first kappa shape index (κ1) is 17.1. The Morgan fingerprint density at radius 2 is 1.92 bits per heavy atom. The van der Waals surface area contributed by atoms with E-state index in [1.54, 1.807) is 13.0 Å². The second-order valence-electron chi connectivity index (χ2n) is 7.23. The minimum Gasteiger partial charge on any atom is -0.288 e. The lowest BCUT2D eigenvalue weighted by Crippen LogP contribution is -2.34. The van der Waals surface area contributed by atoms with Gasteiger partial charge in [0.05, 0.1) is 29.9 Å². The monoisotopic (exact) mass is 375 g/mol. The quantitative estimate of drug-likeness (QED) is 0.884. The number of aryl methyl sites for hydroxylation is 1. The standard InChI is InChI=1S/C19H22FN3O2S/c1-12-4-7-15(9-17(12)20)23-11-14-8-16(13-5-6-13)18(21-26(3,24)25)10-19(14)22(23)2/h4,7-10,13,21H,5-6,11H2,1-3H3. The SMILES string of the molecule is Cc1ccc(N2Cc3cc(C4CC4)c(NS(C)(=O)=O)cc3N2C)cc1F. The fourth-order valence-electron chi connectivity index (χ4n) is 3.50. The van der Waals surface area contributed by atoms with Gasteiger partial charge in [0, 0.05) is 7.05 Å². The van der Waals surface area contributed by atoms with Gasteiger partial charge in [-0.3, -0.25) is 14.7 Å². The number of halogens is 1. The number of rotatable bonds is 4. The van der Waals surface area contributed by atoms with Crippen molar-refractivity contribution in [2.75, 3.05) is 28.0 Å². The van der Waals surface area contributed by atoms with Gasteiger partial charge in [0.1, 0.15) is 5.82 Å². The zero-order chi connectivity index (χ0) is 18.6. The van der Waals surface area contributed by atoms with Gasteiger partial charge in [-0.25, -0.2) is 12.8 Å². The molecule has 2 aromatic rings. The molecule has 138 valence electrons. The molecule has 0 aromatic heterocycles. The van der Waals surface area contributed by atoms with Gasteiger partial charge in [-0.1, -0.05) is 6.07 Å². The topological polar surface area (TPSA) is 52.7 Å². The maximum Gasteiger partial charge on any atom is 0.229 e. The average molecular weight is 375 g/mol. The lowest BCUT2D eigenvalue weighted by Gasteiger charge is -2.28. The molecule has 5 nitrogen and oxygen atoms in total. The van der Waals surface area contributed by atoms with E-state index in [1.165, 1.54) is 12.3 Å². The largest absolute Gasteiger partial charge is 0.288 e. The van der Waals surface area contributed by atoms with Gasteiger partial charge in [-0.05, 0) is 66.6 Å². The van der Waals surface area contributed by atoms with Gasteiger partial charge >= 0.3 is 0 Å². The number of hydrogen-bond acceptors (Lipinski definition) is 4. The molecule has 2 aliphatic rings. The summed E-state index contributed by atoms with van der Waals surface area (Å²) in [6.07, 6.45) is 3.34. The first-order chi connectivity index (χ1) is 12.2. The number of anilines is 3. The highest BCUT2D eigenvalue weighted by Crippen LogP contribution is 2.47. The van der Waals surface area contributed by atoms with Gasteiger partial charge < -0.3 is 0 Å². The second kappa shape index (κ2) is 5.87. The Balaban J connectivity index is 1.73. The highest BCUT2D eigenvalue weighted by molar-refractivity contribution is 7.92. The van der Waals surface area contributed by atoms with Crippen LogP contribution in [0.15, 0.2) is 30.3 Å². The third-order valence-corrected chi connectivity index (χ3v) is 5.64. The Morgan fingerprint density at radius 3 is 2.54 bits per heavy atom. The van der Waals surface area contributed by atoms with Crippen LogP contribution in [0.25, 0.3) is 0 Å². The minimum absolute atomic E-state index is 0.232. The van der Waals surface area contributed by atoms with E-state index in [0.29, 0.717) is 23.7 Å². The van der Waals surface area contributed by atoms with Crippen LogP contribution >= 0.6 is 0 Å². The minimum atomic E-state index is -3.35. The van der Waals surface area contributed by atoms with Crippen LogP contribution < -0.4 is 14.7 Å². The first-order valence-corrected chi connectivity index (χ1v) is 10.5. The van der Waals surface area contributed by atoms with Crippen molar-refractivity contribution in [3.8, 4) is 0 Å². The molecule has 0 radical (unpaired) electrons. The molecule has 7 heteroatoms. The van der Waals surface area contributed by atoms with E-state index in [-0.39, 0.29) is 5.82 Å². The number of hydrogen-bond donors (Lipinski definition) is 1. The summed E-state index contributed by atoms with van der Waals surface area (Å²) in [5.74, 6) is 0.186. The van der Waals surface area contributed by atoms with E-state index in [9.17, 15) is 12.8 Å². The van der Waals surface area contributed by atoms with Crippen LogP contribution in [0.4, 0.5) is 21.5 Å². The molecule has 1 heterocycles. The number of nitrogens with one attached hydrogen (secondary N) is 1. The summed E-state index contributed by atoms with van der Waals surface area (Å²) in [6, 6.07) is 9.21. The van der Waals surface area contributed by atoms with E-state index in [1.807, 2.05) is 29.2 Å². The molecule has 0 unspecified atom stereocenters. The first-order valence-electron chi connectivity index (χ1n) is 8.65. The number of hydrazine groups is 1. The predicted octanol–water partition coefficient (Wildman–Crippen LogP) is 3.75. The fourth-order valence-corrected chi connectivity index (χ4v) is 4.08. The van der Waals surface area contributed by atoms with Crippen molar-refractivity contribution in [1.82, 2.24) is 0 Å². The molecule has 26 heavy (non-hydrogen) atoms. The van der Waals surface area contributed by atoms with Gasteiger partial charge in [0.15, 0.2) is 0 Å². The van der Waals surface area contributed by atoms with Crippen molar-refractivity contribution in [3.63, 3.8) is 0 Å². The van der Waals surface area contributed by atoms with Crippen LogP contribution in [0, 0.1) is 12.7 Å². The molecule has 0 bridgehead atoms. The lowest BCUT2D eigenvalue weighted by molar-refractivity contribution is 0.606. The van der Waals surface area contributed by atoms with Gasteiger partial charge in [0.2, 0.25) is 10.0 Å². The molecular formula is C19H22FN3O2S. The summed E-state index contributed by atoms with van der Waals surface area (Å²) in [4.78, 5) is 0. The molecule has 4 rings (SSSR count). The molecular weight excluding hydrogens is 353 g/mol. The van der Waals surface area contributed by atoms with E-state index in [2.05, 4.69) is 10.8 Å². The zero-order valence-corrected chi connectivity index (χ0v) is 15.9. The smallest absolute Gasteiger partial charge is 0.229 e. The molecule has 0 atom stereocenters. The molecule has 0 spiro atoms. The van der Waals surface area contributed by atoms with Crippen molar-refractivity contribution >= 4 is 27.1 Å². The average Bonchev–Trinajstić information content (AvgIpc) is 3.34. The molecule has 1 aliphatic carbocycles. The number of nitrogens with zero attached hydrogens (tertiary/aromatic N) is 2. The van der Waals surface area contributed by atoms with Crippen LogP contribution in [0.2, 0.25) is 0 Å². The maximum absolute atomic E-state index is 14.0. The molecule has 2 aromatic carbocycles. The lowest BCUT2D eigenvalue weighted by atomic mass is 10.0. The number of fused-ring (bicyclic) bond motifs is 1. The van der Waals surface area contributed by atoms with E-state index in [0.717, 1.165) is 35.3 Å². The van der Waals surface area contributed by atoms with Crippen LogP contribution in [0.3, 0.4) is 0 Å². The van der Waals surface area contributed by atoms with Gasteiger partial charge in [0.25, 0.3) is 0 Å². The molecule has 1 aliphatic heterocycles. The summed E-state index contributed by atoms with van der Waals surface area (Å²) >= 11 is 0. The van der Waals surface area contributed by atoms with Crippen LogP contribution in [-0.2, 0) is 16.6 Å². The van der Waals surface area contributed by atoms with Crippen molar-refractivity contribution in [3.05, 3.63) is 52.8 Å². The Labute approximate surface area is 153 Å². The fraction of sp³-hybridized carbons (Fsp3) is 0.368. The van der Waals surface area contributed by atoms with Gasteiger partial charge in [-0.15, -0.1) is 0 Å². The maximum atomic E-state index is 14.0. The van der Waals surface area contributed by atoms with Crippen molar-refractivity contribution in [1.29, 1.82) is 0 Å². The van der Waals surface area contributed by atoms with E-state index < -0.39 is 10.0 Å². The molecule has 1 saturated carbocycles. The van der Waals surface area contributed by atoms with Gasteiger partial charge in [-0.2, -0.15) is 0 Å². The third-order valence-electron chi connectivity index (χ3n) is 5.05. The van der Waals surface area contributed by atoms with Crippen LogP contribution in [0.1, 0.15) is 35.4 Å². The normalized spacial score (nSPS) is 16.8. The van der Waals surface area contributed by atoms with Crippen molar-refractivity contribution in [2.45, 2.75) is 32.2 Å². The van der Waals surface area contributed by atoms with Crippen LogP contribution in [0.5, 0.6) is 0 Å². The van der Waals surface area contributed by atoms with Crippen LogP contribution in [-0.4, -0.2) is 21.7 Å². The summed E-state index contributed by atoms with van der Waals surface area (Å²) in [5, 5.41) is 3.94. The summed E-state index contributed by atoms with van der Waals surface area (Å²) in [7, 11) is -1.44. The Kier molecular flexibility index (Phi) is 3.87. The number of benzene rings is 2. The van der Waals surface area contributed by atoms with E-state index >= 15 is 0 Å². The van der Waals surface area contributed by atoms with E-state index in [4.69, 9.17) is 0 Å². The predicted molar refractivity (Wildman–Crippen MR) is 103 cm³/mol. The Morgan fingerprint density at radius 1 is 1.19 bits per heavy atom. The molecule has 1 fully saturated rings. The summed E-state index contributed by atoms with van der Waals surface area (Å²) < 4.78 is 40.2. The molecule has 1 N–H and O–H groups in total. The molecule has 0 saturated heterocycles. The summed E-state index contributed by atoms with van der Waals surface area (Å²) in [5.41, 5.74) is 5.15. The molecule has 0 amide bonds.